The third-order valence-electron chi connectivity index (χ3n) is 7.59. The molecule has 6 nitrogen and oxygen atoms in total. The molecule has 3 heterocycles. The lowest BCUT2D eigenvalue weighted by Crippen LogP contribution is -2.20. The van der Waals surface area contributed by atoms with Crippen LogP contribution in [0.1, 0.15) is 18.7 Å². The summed E-state index contributed by atoms with van der Waals surface area (Å²) in [6.07, 6.45) is 3.85. The first kappa shape index (κ1) is 28.2. The third-order valence-corrected chi connectivity index (χ3v) is 9.80. The summed E-state index contributed by atoms with van der Waals surface area (Å²) < 4.78 is 8.31. The van der Waals surface area contributed by atoms with Crippen LogP contribution in [0.15, 0.2) is 89.5 Å². The third kappa shape index (κ3) is 5.16. The number of aliphatic hydroxyl groups excluding tert-OH is 1. The molecule has 0 saturated heterocycles. The van der Waals surface area contributed by atoms with Gasteiger partial charge in [-0.25, -0.2) is 15.0 Å². The minimum atomic E-state index is -0.827. The normalized spacial score (nSPS) is 15.6. The first-order valence-electron chi connectivity index (χ1n) is 13.6. The van der Waals surface area contributed by atoms with Crippen molar-refractivity contribution in [2.24, 2.45) is 0 Å². The highest BCUT2D eigenvalue weighted by Gasteiger charge is 2.38. The van der Waals surface area contributed by atoms with Gasteiger partial charge in [0.15, 0.2) is 0 Å². The Labute approximate surface area is 257 Å². The number of nitriles is 1. The van der Waals surface area contributed by atoms with Crippen LogP contribution in [0.5, 0.6) is 0 Å². The highest BCUT2D eigenvalue weighted by atomic mass is 32.1. The average Bonchev–Trinajstić information content (AvgIpc) is 3.66. The number of fused-ring (bicyclic) bond motifs is 3. The Hall–Kier alpha value is -4.91. The van der Waals surface area contributed by atoms with Gasteiger partial charge in [-0.1, -0.05) is 18.2 Å². The number of nitrogens with zero attached hydrogens (tertiary/aromatic N) is 4. The summed E-state index contributed by atoms with van der Waals surface area (Å²) in [6, 6.07) is 23.7. The van der Waals surface area contributed by atoms with Gasteiger partial charge in [0.25, 0.3) is 5.70 Å². The number of rotatable bonds is 6. The predicted molar refractivity (Wildman–Crippen MR) is 178 cm³/mol. The van der Waals surface area contributed by atoms with E-state index in [4.69, 9.17) is 17.9 Å². The standard InChI is InChI=1S/C35H26N4O2S2/c1-35(2)28(33(38-4)34(41-35)29(20-36)37-3)11-10-27-16-24-14-22-18-32-25(15-23(22)17-31(24)42-27)19-30(43-32)21-6-8-26(9-7-21)39(5)12-13-40/h6-11,14-19,40H,12-13H2,1-2,5H3/b11-10+,34-29+. The molecule has 0 radical (unpaired) electrons. The number of aliphatic hydroxyl groups is 1. The molecule has 1 N–H and O–H groups in total. The summed E-state index contributed by atoms with van der Waals surface area (Å²) in [5.74, 6) is 0.0607. The second-order valence-electron chi connectivity index (χ2n) is 10.8. The molecule has 3 aromatic carbocycles. The number of ether oxygens (including phenoxy) is 1. The second-order valence-corrected chi connectivity index (χ2v) is 13.0. The van der Waals surface area contributed by atoms with Gasteiger partial charge in [0.05, 0.1) is 25.8 Å². The van der Waals surface area contributed by atoms with Crippen LogP contribution in [-0.4, -0.2) is 30.9 Å². The number of benzene rings is 3. The molecule has 0 amide bonds. The van der Waals surface area contributed by atoms with Crippen molar-refractivity contribution in [3.05, 3.63) is 117 Å². The lowest BCUT2D eigenvalue weighted by Gasteiger charge is -2.21. The van der Waals surface area contributed by atoms with Gasteiger partial charge in [-0.2, -0.15) is 0 Å². The summed E-state index contributed by atoms with van der Waals surface area (Å²) in [5.41, 5.74) is 2.09. The van der Waals surface area contributed by atoms with Crippen molar-refractivity contribution in [1.82, 2.24) is 0 Å². The molecular formula is C35H26N4O2S2. The molecule has 0 aliphatic carbocycles. The van der Waals surface area contributed by atoms with Crippen molar-refractivity contribution in [1.29, 1.82) is 5.26 Å². The fourth-order valence-corrected chi connectivity index (χ4v) is 7.43. The molecule has 43 heavy (non-hydrogen) atoms. The monoisotopic (exact) mass is 598 g/mol. The van der Waals surface area contributed by atoms with Crippen LogP contribution in [0.2, 0.25) is 0 Å². The zero-order valence-corrected chi connectivity index (χ0v) is 25.4. The van der Waals surface area contributed by atoms with Gasteiger partial charge in [0, 0.05) is 44.0 Å². The first-order valence-corrected chi connectivity index (χ1v) is 15.2. The molecular weight excluding hydrogens is 573 g/mol. The second kappa shape index (κ2) is 11.1. The van der Waals surface area contributed by atoms with Gasteiger partial charge in [-0.15, -0.1) is 22.7 Å². The zero-order chi connectivity index (χ0) is 30.3. The van der Waals surface area contributed by atoms with Crippen molar-refractivity contribution in [3.8, 4) is 16.5 Å². The quantitative estimate of drug-likeness (QED) is 0.156. The van der Waals surface area contributed by atoms with E-state index in [-0.39, 0.29) is 23.8 Å². The number of thiophene rings is 2. The van der Waals surface area contributed by atoms with Gasteiger partial charge >= 0.3 is 0 Å². The molecule has 0 saturated carbocycles. The molecule has 0 spiro atoms. The van der Waals surface area contributed by atoms with Gasteiger partial charge < -0.3 is 14.7 Å². The summed E-state index contributed by atoms with van der Waals surface area (Å²) in [5, 5.41) is 23.3. The SMILES string of the molecule is [C-]#[N+]C1=C(/C=C/c2cc3cc4cc5sc(-c6ccc(N(C)CCO)cc6)cc5cc4cc3s2)C(C)(C)O/C1=C(\C#N)[N+]#[C-]. The molecule has 0 bridgehead atoms. The molecule has 8 heteroatoms. The highest BCUT2D eigenvalue weighted by molar-refractivity contribution is 7.22. The van der Waals surface area contributed by atoms with Crippen LogP contribution < -0.4 is 4.90 Å². The van der Waals surface area contributed by atoms with Crippen LogP contribution in [0.25, 0.3) is 57.2 Å². The van der Waals surface area contributed by atoms with Gasteiger partial charge in [-0.3, -0.25) is 0 Å². The maximum absolute atomic E-state index is 9.33. The van der Waals surface area contributed by atoms with E-state index in [1.807, 2.05) is 44.0 Å². The Morgan fingerprint density at radius 3 is 2.28 bits per heavy atom. The van der Waals surface area contributed by atoms with E-state index < -0.39 is 5.60 Å². The Bertz CT molecular complexity index is 2060. The average molecular weight is 599 g/mol. The van der Waals surface area contributed by atoms with Crippen molar-refractivity contribution in [2.45, 2.75) is 19.4 Å². The lowest BCUT2D eigenvalue weighted by molar-refractivity contribution is 0.0952. The minimum absolute atomic E-state index is 0.0607. The van der Waals surface area contributed by atoms with Gasteiger partial charge in [0.2, 0.25) is 5.70 Å². The summed E-state index contributed by atoms with van der Waals surface area (Å²) in [4.78, 5) is 11.2. The number of anilines is 1. The van der Waals surface area contributed by atoms with Gasteiger partial charge in [-0.05, 0) is 95.6 Å². The van der Waals surface area contributed by atoms with Crippen molar-refractivity contribution in [3.63, 3.8) is 0 Å². The van der Waals surface area contributed by atoms with Crippen LogP contribution in [0, 0.1) is 24.5 Å². The molecule has 6 rings (SSSR count). The molecule has 0 unspecified atom stereocenters. The van der Waals surface area contributed by atoms with E-state index in [1.165, 1.54) is 36.0 Å². The Balaban J connectivity index is 1.32. The molecule has 2 aromatic heterocycles. The smallest absolute Gasteiger partial charge is 0.292 e. The number of hydrogen-bond donors (Lipinski definition) is 1. The molecule has 0 fully saturated rings. The number of hydrogen-bond acceptors (Lipinski definition) is 6. The van der Waals surface area contributed by atoms with E-state index in [0.717, 1.165) is 16.0 Å². The van der Waals surface area contributed by atoms with Crippen LogP contribution in [-0.2, 0) is 4.74 Å². The Morgan fingerprint density at radius 2 is 1.65 bits per heavy atom. The lowest BCUT2D eigenvalue weighted by atomic mass is 9.97. The summed E-state index contributed by atoms with van der Waals surface area (Å²) in [6.45, 7) is 19.4. The van der Waals surface area contributed by atoms with Gasteiger partial charge in [0.1, 0.15) is 11.4 Å². The zero-order valence-electron chi connectivity index (χ0n) is 23.8. The van der Waals surface area contributed by atoms with E-state index >= 15 is 0 Å². The van der Waals surface area contributed by atoms with E-state index in [9.17, 15) is 10.4 Å². The van der Waals surface area contributed by atoms with Crippen molar-refractivity contribution < 1.29 is 9.84 Å². The Morgan fingerprint density at radius 1 is 0.977 bits per heavy atom. The maximum Gasteiger partial charge on any atom is 0.292 e. The fourth-order valence-electron chi connectivity index (χ4n) is 5.34. The fraction of sp³-hybridized carbons (Fsp3) is 0.171. The van der Waals surface area contributed by atoms with E-state index in [2.05, 4.69) is 70.4 Å². The topological polar surface area (TPSA) is 65.2 Å². The van der Waals surface area contributed by atoms with Crippen LogP contribution in [0.4, 0.5) is 5.69 Å². The number of likely N-dealkylation sites (N-methyl/N-ethyl adjacent to an activating group) is 1. The van der Waals surface area contributed by atoms with Crippen LogP contribution in [0.3, 0.4) is 0 Å². The van der Waals surface area contributed by atoms with E-state index in [0.29, 0.717) is 12.1 Å². The summed E-state index contributed by atoms with van der Waals surface area (Å²) >= 11 is 3.46. The largest absolute Gasteiger partial charge is 0.505 e. The number of allylic oxidation sites excluding steroid dienone is 1. The maximum atomic E-state index is 9.33. The molecule has 210 valence electrons. The van der Waals surface area contributed by atoms with Crippen molar-refractivity contribution >= 4 is 65.4 Å². The van der Waals surface area contributed by atoms with Crippen LogP contribution >= 0.6 is 22.7 Å². The van der Waals surface area contributed by atoms with Crippen molar-refractivity contribution in [2.75, 3.05) is 25.1 Å². The van der Waals surface area contributed by atoms with E-state index in [1.54, 1.807) is 22.7 Å². The minimum Gasteiger partial charge on any atom is -0.505 e. The predicted octanol–water partition coefficient (Wildman–Crippen LogP) is 9.01. The molecule has 0 atom stereocenters. The Kier molecular flexibility index (Phi) is 7.26. The molecule has 1 aliphatic heterocycles. The highest BCUT2D eigenvalue weighted by Crippen LogP contribution is 2.42. The first-order chi connectivity index (χ1) is 20.7. The molecule has 5 aromatic rings. The molecule has 1 aliphatic rings. The summed E-state index contributed by atoms with van der Waals surface area (Å²) in [7, 11) is 1.98.